The van der Waals surface area contributed by atoms with Crippen molar-refractivity contribution >= 4 is 34.8 Å². The number of primary amides is 1. The van der Waals surface area contributed by atoms with Crippen LogP contribution in [0.25, 0.3) is 0 Å². The lowest BCUT2D eigenvalue weighted by Crippen LogP contribution is -2.11. The molecule has 0 saturated heterocycles. The Balaban J connectivity index is 3.43. The minimum absolute atomic E-state index is 0.0499. The van der Waals surface area contributed by atoms with Crippen molar-refractivity contribution in [3.05, 3.63) is 37.9 Å². The number of carbonyl (C=O) groups excluding carboxylic acids is 1. The lowest BCUT2D eigenvalue weighted by Gasteiger charge is -2.00. The van der Waals surface area contributed by atoms with Crippen LogP contribution in [-0.2, 0) is 0 Å². The summed E-state index contributed by atoms with van der Waals surface area (Å²) in [5.74, 6) is -0.799. The van der Waals surface area contributed by atoms with Crippen molar-refractivity contribution in [3.8, 4) is 0 Å². The zero-order valence-electron chi connectivity index (χ0n) is 6.66. The number of rotatable bonds is 2. The van der Waals surface area contributed by atoms with Gasteiger partial charge in [-0.25, -0.2) is 0 Å². The van der Waals surface area contributed by atoms with Crippen LogP contribution in [0.15, 0.2) is 12.1 Å². The molecule has 14 heavy (non-hydrogen) atoms. The Labute approximate surface area is 88.6 Å². The number of nitrogens with zero attached hydrogens (tertiary/aromatic N) is 1. The van der Waals surface area contributed by atoms with Crippen molar-refractivity contribution in [2.24, 2.45) is 5.73 Å². The predicted octanol–water partition coefficient (Wildman–Crippen LogP) is 2.00. The highest BCUT2D eigenvalue weighted by Gasteiger charge is 2.18. The molecule has 0 aliphatic carbocycles. The Morgan fingerprint density at radius 3 is 2.43 bits per heavy atom. The summed E-state index contributed by atoms with van der Waals surface area (Å²) in [6.07, 6.45) is 0. The normalized spacial score (nSPS) is 9.86. The lowest BCUT2D eigenvalue weighted by atomic mass is 10.2. The number of halogens is 2. The first kappa shape index (κ1) is 10.7. The summed E-state index contributed by atoms with van der Waals surface area (Å²) in [6.45, 7) is 0. The molecule has 0 heterocycles. The highest BCUT2D eigenvalue weighted by Crippen LogP contribution is 2.32. The van der Waals surface area contributed by atoms with Crippen molar-refractivity contribution < 1.29 is 9.72 Å². The molecule has 1 aromatic rings. The second-order valence-electron chi connectivity index (χ2n) is 2.41. The molecule has 0 aliphatic rings. The van der Waals surface area contributed by atoms with Gasteiger partial charge >= 0.3 is 0 Å². The molecule has 1 aromatic carbocycles. The van der Waals surface area contributed by atoms with E-state index in [2.05, 4.69) is 0 Å². The minimum atomic E-state index is -0.799. The number of nitrogens with two attached hydrogens (primary N) is 1. The van der Waals surface area contributed by atoms with Crippen LogP contribution in [0.1, 0.15) is 10.4 Å². The largest absolute Gasteiger partial charge is 0.366 e. The summed E-state index contributed by atoms with van der Waals surface area (Å²) in [5, 5.41) is 10.2. The highest BCUT2D eigenvalue weighted by atomic mass is 35.5. The molecule has 2 N–H and O–H groups in total. The van der Waals surface area contributed by atoms with E-state index in [9.17, 15) is 14.9 Å². The summed E-state index contributed by atoms with van der Waals surface area (Å²) in [6, 6.07) is 2.16. The lowest BCUT2D eigenvalue weighted by molar-refractivity contribution is -0.384. The Morgan fingerprint density at radius 1 is 1.43 bits per heavy atom. The highest BCUT2D eigenvalue weighted by molar-refractivity contribution is 6.43. The molecule has 0 aliphatic heterocycles. The third kappa shape index (κ3) is 1.94. The van der Waals surface area contributed by atoms with Crippen LogP contribution in [0.2, 0.25) is 10.0 Å². The first-order chi connectivity index (χ1) is 6.43. The van der Waals surface area contributed by atoms with Crippen molar-refractivity contribution in [3.63, 3.8) is 0 Å². The summed E-state index contributed by atoms with van der Waals surface area (Å²) in [5.41, 5.74) is 4.45. The molecule has 0 aromatic heterocycles. The number of benzene rings is 1. The van der Waals surface area contributed by atoms with Crippen LogP contribution in [-0.4, -0.2) is 10.8 Å². The Kier molecular flexibility index (Phi) is 2.93. The summed E-state index contributed by atoms with van der Waals surface area (Å²) in [7, 11) is 0. The van der Waals surface area contributed by atoms with Gasteiger partial charge in [-0.1, -0.05) is 23.2 Å². The van der Waals surface area contributed by atoms with Gasteiger partial charge in [0, 0.05) is 11.6 Å². The van der Waals surface area contributed by atoms with E-state index in [4.69, 9.17) is 28.9 Å². The smallest absolute Gasteiger partial charge is 0.290 e. The summed E-state index contributed by atoms with van der Waals surface area (Å²) < 4.78 is 0. The number of nitro benzene ring substituents is 1. The molecule has 0 spiro atoms. The summed E-state index contributed by atoms with van der Waals surface area (Å²) >= 11 is 11.1. The van der Waals surface area contributed by atoms with E-state index in [1.165, 1.54) is 6.07 Å². The summed E-state index contributed by atoms with van der Waals surface area (Å²) in [4.78, 5) is 20.5. The molecule has 1 rings (SSSR count). The van der Waals surface area contributed by atoms with Gasteiger partial charge < -0.3 is 5.73 Å². The van der Waals surface area contributed by atoms with E-state index in [-0.39, 0.29) is 15.6 Å². The number of hydrogen-bond acceptors (Lipinski definition) is 3. The standard InChI is InChI=1S/C7H4Cl2N2O3/c8-4-1-3(7(10)12)2-5(6(4)9)11(13)14/h1-2H,(H2,10,12). The van der Waals surface area contributed by atoms with Crippen molar-refractivity contribution in [1.82, 2.24) is 0 Å². The van der Waals surface area contributed by atoms with Crippen molar-refractivity contribution in [2.75, 3.05) is 0 Å². The average molecular weight is 235 g/mol. The number of carbonyl (C=O) groups is 1. The van der Waals surface area contributed by atoms with Crippen LogP contribution in [0.4, 0.5) is 5.69 Å². The van der Waals surface area contributed by atoms with Gasteiger partial charge in [0.15, 0.2) is 0 Å². The molecule has 7 heteroatoms. The van der Waals surface area contributed by atoms with E-state index in [1.54, 1.807) is 0 Å². The van der Waals surface area contributed by atoms with E-state index in [1.807, 2.05) is 0 Å². The number of hydrogen-bond donors (Lipinski definition) is 1. The molecule has 0 fully saturated rings. The van der Waals surface area contributed by atoms with Crippen LogP contribution in [0.3, 0.4) is 0 Å². The SMILES string of the molecule is NC(=O)c1cc(Cl)c(Cl)c([N+](=O)[O-])c1. The van der Waals surface area contributed by atoms with E-state index in [0.717, 1.165) is 6.07 Å². The predicted molar refractivity (Wildman–Crippen MR) is 51.6 cm³/mol. The van der Waals surface area contributed by atoms with E-state index in [0.29, 0.717) is 0 Å². The number of amides is 1. The topological polar surface area (TPSA) is 86.2 Å². The Morgan fingerprint density at radius 2 is 2.00 bits per heavy atom. The third-order valence-electron chi connectivity index (χ3n) is 1.49. The monoisotopic (exact) mass is 234 g/mol. The van der Waals surface area contributed by atoms with Crippen molar-refractivity contribution in [1.29, 1.82) is 0 Å². The quantitative estimate of drug-likeness (QED) is 0.628. The third-order valence-corrected chi connectivity index (χ3v) is 2.28. The molecule has 74 valence electrons. The molecule has 1 amide bonds. The van der Waals surface area contributed by atoms with Gasteiger partial charge in [-0.05, 0) is 6.07 Å². The Bertz CT molecular complexity index is 420. The van der Waals surface area contributed by atoms with Crippen LogP contribution in [0, 0.1) is 10.1 Å². The molecule has 0 atom stereocenters. The number of nitro groups is 1. The fraction of sp³-hybridized carbons (Fsp3) is 0. The van der Waals surface area contributed by atoms with Gasteiger partial charge in [-0.3, -0.25) is 14.9 Å². The fourth-order valence-electron chi connectivity index (χ4n) is 0.850. The van der Waals surface area contributed by atoms with Gasteiger partial charge in [0.1, 0.15) is 5.02 Å². The molecular weight excluding hydrogens is 231 g/mol. The molecule has 5 nitrogen and oxygen atoms in total. The zero-order chi connectivity index (χ0) is 10.9. The molecule has 0 radical (unpaired) electrons. The molecular formula is C7H4Cl2N2O3. The van der Waals surface area contributed by atoms with Crippen LogP contribution < -0.4 is 5.73 Å². The molecule has 0 saturated carbocycles. The van der Waals surface area contributed by atoms with Crippen LogP contribution in [0.5, 0.6) is 0 Å². The van der Waals surface area contributed by atoms with Gasteiger partial charge in [0.2, 0.25) is 5.91 Å². The van der Waals surface area contributed by atoms with E-state index < -0.39 is 16.5 Å². The first-order valence-electron chi connectivity index (χ1n) is 3.36. The first-order valence-corrected chi connectivity index (χ1v) is 4.12. The minimum Gasteiger partial charge on any atom is -0.366 e. The van der Waals surface area contributed by atoms with Gasteiger partial charge in [0.25, 0.3) is 5.69 Å². The second kappa shape index (κ2) is 3.81. The maximum atomic E-state index is 10.7. The molecule has 0 unspecified atom stereocenters. The molecule has 0 bridgehead atoms. The Hall–Kier alpha value is -1.33. The maximum Gasteiger partial charge on any atom is 0.290 e. The average Bonchev–Trinajstić information content (AvgIpc) is 2.08. The van der Waals surface area contributed by atoms with Crippen LogP contribution >= 0.6 is 23.2 Å². The zero-order valence-corrected chi connectivity index (χ0v) is 8.17. The fourth-order valence-corrected chi connectivity index (χ4v) is 1.24. The van der Waals surface area contributed by atoms with Crippen molar-refractivity contribution in [2.45, 2.75) is 0 Å². The second-order valence-corrected chi connectivity index (χ2v) is 3.20. The van der Waals surface area contributed by atoms with Gasteiger partial charge in [-0.2, -0.15) is 0 Å². The maximum absolute atomic E-state index is 10.7. The van der Waals surface area contributed by atoms with Gasteiger partial charge in [-0.15, -0.1) is 0 Å². The van der Waals surface area contributed by atoms with E-state index >= 15 is 0 Å². The van der Waals surface area contributed by atoms with Gasteiger partial charge in [0.05, 0.1) is 9.95 Å².